The second-order valence-electron chi connectivity index (χ2n) is 28.5. The fourth-order valence-corrected chi connectivity index (χ4v) is 17.1. The second kappa shape index (κ2) is 35.9. The SMILES string of the molecule is Cc1cc(S(=O)(=O)NC(=O)c2ccc(N3CCN(CC4=C(c5ccc(Cl)cc5)CCN(CCCCCCCCCC(=O)N[C@H](C(=O)N5C[C@H](O)C[C@H]5C(=O)N[C@H](C)c5ccc(-c6scnc6C)cc5)C(C)(C)C)C4)CC3)cc2)ccc1C[C@H](CCN1CCOCC1)CSc1ccccc1. The molecule has 6 aromatic rings. The molecule has 99 heavy (non-hydrogen) atoms. The number of aliphatic hydroxyl groups is 1. The van der Waals surface area contributed by atoms with E-state index in [2.05, 4.69) is 76.3 Å². The summed E-state index contributed by atoms with van der Waals surface area (Å²) >= 11 is 9.82. The van der Waals surface area contributed by atoms with E-state index in [1.54, 1.807) is 35.6 Å². The first-order valence-electron chi connectivity index (χ1n) is 35.6. The van der Waals surface area contributed by atoms with E-state index in [9.17, 15) is 32.7 Å². The van der Waals surface area contributed by atoms with Crippen LogP contribution >= 0.6 is 34.7 Å². The van der Waals surface area contributed by atoms with Crippen LogP contribution in [0.4, 0.5) is 5.69 Å². The number of unbranched alkanes of at least 4 members (excludes halogenated alkanes) is 6. The van der Waals surface area contributed by atoms with E-state index in [0.717, 1.165) is 199 Å². The Morgan fingerprint density at radius 1 is 0.768 bits per heavy atom. The number of aromatic nitrogens is 1. The lowest BCUT2D eigenvalue weighted by atomic mass is 9.85. The molecule has 0 bridgehead atoms. The third-order valence-electron chi connectivity index (χ3n) is 20.0. The number of amides is 4. The molecule has 4 amide bonds. The fraction of sp³-hybridized carbons (Fsp3) is 0.500. The number of halogens is 1. The Labute approximate surface area is 600 Å². The van der Waals surface area contributed by atoms with E-state index < -0.39 is 39.5 Å². The van der Waals surface area contributed by atoms with Crippen molar-refractivity contribution in [2.75, 3.05) is 102 Å². The van der Waals surface area contributed by atoms with Crippen LogP contribution in [0.5, 0.6) is 0 Å². The number of hydrogen-bond donors (Lipinski definition) is 4. The van der Waals surface area contributed by atoms with Gasteiger partial charge in [0.15, 0.2) is 0 Å². The summed E-state index contributed by atoms with van der Waals surface area (Å²) in [6, 6.07) is 37.1. The predicted molar refractivity (Wildman–Crippen MR) is 400 cm³/mol. The number of carbonyl (C=O) groups excluding carboxylic acids is 4. The van der Waals surface area contributed by atoms with Crippen molar-refractivity contribution < 1.29 is 37.4 Å². The Morgan fingerprint density at radius 3 is 2.13 bits per heavy atom. The van der Waals surface area contributed by atoms with Crippen molar-refractivity contribution in [3.05, 3.63) is 171 Å². The molecular weight excluding hydrogens is 1320 g/mol. The topological polar surface area (TPSA) is 197 Å². The predicted octanol–water partition coefficient (Wildman–Crippen LogP) is 12.6. The van der Waals surface area contributed by atoms with Gasteiger partial charge in [-0.15, -0.1) is 23.1 Å². The minimum atomic E-state index is -4.14. The molecule has 3 saturated heterocycles. The summed E-state index contributed by atoms with van der Waals surface area (Å²) in [5, 5.41) is 17.6. The third kappa shape index (κ3) is 21.6. The van der Waals surface area contributed by atoms with Gasteiger partial charge in [-0.1, -0.05) is 125 Å². The van der Waals surface area contributed by atoms with Gasteiger partial charge in [0.2, 0.25) is 17.7 Å². The van der Waals surface area contributed by atoms with E-state index in [0.29, 0.717) is 12.3 Å². The molecule has 4 aliphatic rings. The summed E-state index contributed by atoms with van der Waals surface area (Å²) in [4.78, 5) is 73.3. The summed E-state index contributed by atoms with van der Waals surface area (Å²) < 4.78 is 35.4. The standard InChI is InChI=1S/C78H102ClN9O8S3/c1-55-47-69(33-28-63(55)48-58(34-37-84-43-45-96-46-44-84)53-97-68-17-13-12-14-18-68)99(94,95)83-75(91)62-26-31-66(32-27-62)87-41-39-86(40-42-87)51-64-50-85(38-35-70(64)60-24-29-65(79)30-25-60)36-16-11-9-7-8-10-15-19-72(90)82-74(78(4,5)6)77(93)88-52-67(89)49-71(88)76(92)81-56(2)59-20-22-61(23-21-59)73-57(3)80-54-98-73/h12-14,17-18,20-33,47,54,56,58,67,71,74,89H,7-11,15-16,19,34-46,48-53H2,1-6H3,(H,81,92)(H,82,90)(H,83,91)/t56-,58+,67-,71+,74-/m1/s1. The first kappa shape index (κ1) is 75.2. The van der Waals surface area contributed by atoms with E-state index >= 15 is 0 Å². The van der Waals surface area contributed by atoms with Crippen LogP contribution < -0.4 is 20.3 Å². The zero-order chi connectivity index (χ0) is 70.1. The smallest absolute Gasteiger partial charge is 0.264 e. The lowest BCUT2D eigenvalue weighted by Crippen LogP contribution is -2.57. The number of hydrogen-bond acceptors (Lipinski definition) is 15. The van der Waals surface area contributed by atoms with Crippen molar-refractivity contribution >= 4 is 79.6 Å². The minimum absolute atomic E-state index is 0.0235. The molecule has 532 valence electrons. The molecule has 0 aliphatic carbocycles. The fourth-order valence-electron chi connectivity index (χ4n) is 14.0. The number of thiazole rings is 1. The number of aryl methyl sites for hydroxylation is 2. The van der Waals surface area contributed by atoms with Gasteiger partial charge in [0.1, 0.15) is 12.1 Å². The van der Waals surface area contributed by atoms with E-state index in [1.165, 1.54) is 26.5 Å². The second-order valence-corrected chi connectivity index (χ2v) is 32.6. The molecule has 4 N–H and O–H groups in total. The average molecular weight is 1430 g/mol. The Morgan fingerprint density at radius 2 is 1.45 bits per heavy atom. The number of likely N-dealkylation sites (tertiary alicyclic amines) is 1. The van der Waals surface area contributed by atoms with Crippen molar-refractivity contribution in [3.8, 4) is 10.4 Å². The highest BCUT2D eigenvalue weighted by Crippen LogP contribution is 2.34. The lowest BCUT2D eigenvalue weighted by molar-refractivity contribution is -0.144. The normalized spacial score (nSPS) is 18.5. The number of β-amino-alcohol motifs (C(OH)–C–C–N with tert-alkyl or cyclic N) is 1. The van der Waals surface area contributed by atoms with Crippen LogP contribution in [0.15, 0.2) is 142 Å². The summed E-state index contributed by atoms with van der Waals surface area (Å²) in [6.45, 7) is 23.2. The van der Waals surface area contributed by atoms with Gasteiger partial charge in [-0.05, 0) is 177 Å². The molecule has 10 rings (SSSR count). The monoisotopic (exact) mass is 1420 g/mol. The molecular formula is C78H102ClN9O8S3. The number of benzene rings is 5. The highest BCUT2D eigenvalue weighted by atomic mass is 35.5. The Balaban J connectivity index is 0.633. The Hall–Kier alpha value is -6.46. The average Bonchev–Trinajstić information content (AvgIpc) is 1.75. The molecule has 0 spiro atoms. The maximum absolute atomic E-state index is 14.3. The van der Waals surface area contributed by atoms with Crippen LogP contribution in [0, 0.1) is 25.2 Å². The van der Waals surface area contributed by atoms with Crippen molar-refractivity contribution in [2.45, 2.75) is 153 Å². The number of nitrogens with one attached hydrogen (secondary N) is 3. The molecule has 4 aliphatic heterocycles. The maximum Gasteiger partial charge on any atom is 0.264 e. The van der Waals surface area contributed by atoms with Crippen molar-refractivity contribution in [1.82, 2.24) is 39.9 Å². The summed E-state index contributed by atoms with van der Waals surface area (Å²) in [5.74, 6) is -0.204. The molecule has 0 unspecified atom stereocenters. The Bertz CT molecular complexity index is 3780. The number of anilines is 1. The number of aliphatic hydroxyl groups excluding tert-OH is 1. The van der Waals surface area contributed by atoms with Crippen LogP contribution in [0.3, 0.4) is 0 Å². The summed E-state index contributed by atoms with van der Waals surface area (Å²) in [7, 11) is -4.14. The van der Waals surface area contributed by atoms with Crippen molar-refractivity contribution in [3.63, 3.8) is 0 Å². The zero-order valence-electron chi connectivity index (χ0n) is 58.7. The number of thioether (sulfide) groups is 1. The molecule has 5 aromatic carbocycles. The number of nitrogens with zero attached hydrogens (tertiary/aromatic N) is 6. The molecule has 5 heterocycles. The summed E-state index contributed by atoms with van der Waals surface area (Å²) in [6.07, 6.45) is 9.53. The van der Waals surface area contributed by atoms with Crippen LogP contribution in [-0.2, 0) is 35.6 Å². The largest absolute Gasteiger partial charge is 0.391 e. The molecule has 3 fully saturated rings. The first-order chi connectivity index (χ1) is 47.6. The van der Waals surface area contributed by atoms with Gasteiger partial charge in [0.25, 0.3) is 15.9 Å². The lowest BCUT2D eigenvalue weighted by Gasteiger charge is -2.39. The van der Waals surface area contributed by atoms with Crippen molar-refractivity contribution in [1.29, 1.82) is 0 Å². The molecule has 0 radical (unpaired) electrons. The number of rotatable bonds is 31. The zero-order valence-corrected chi connectivity index (χ0v) is 61.9. The third-order valence-corrected chi connectivity index (χ3v) is 23.8. The number of ether oxygens (including phenoxy) is 1. The van der Waals surface area contributed by atoms with Gasteiger partial charge in [-0.25, -0.2) is 18.1 Å². The summed E-state index contributed by atoms with van der Waals surface area (Å²) in [5.41, 5.74) is 11.5. The van der Waals surface area contributed by atoms with Gasteiger partial charge < -0.3 is 30.3 Å². The molecule has 5 atom stereocenters. The van der Waals surface area contributed by atoms with Gasteiger partial charge in [0, 0.05) is 105 Å². The molecule has 17 nitrogen and oxygen atoms in total. The van der Waals surface area contributed by atoms with Crippen LogP contribution in [0.25, 0.3) is 16.0 Å². The Kier molecular flexibility index (Phi) is 27.3. The highest BCUT2D eigenvalue weighted by Gasteiger charge is 2.45. The van der Waals surface area contributed by atoms with Gasteiger partial charge in [-0.3, -0.25) is 33.9 Å². The van der Waals surface area contributed by atoms with Crippen LogP contribution in [0.2, 0.25) is 5.02 Å². The maximum atomic E-state index is 14.3. The quantitative estimate of drug-likeness (QED) is 0.0237. The first-order valence-corrected chi connectivity index (χ1v) is 39.4. The van der Waals surface area contributed by atoms with E-state index in [1.807, 2.05) is 119 Å². The number of sulfonamides is 1. The molecule has 21 heteroatoms. The van der Waals surface area contributed by atoms with Crippen LogP contribution in [-0.4, -0.2) is 177 Å². The minimum Gasteiger partial charge on any atom is -0.391 e. The van der Waals surface area contributed by atoms with E-state index in [4.69, 9.17) is 16.3 Å². The highest BCUT2D eigenvalue weighted by molar-refractivity contribution is 7.99. The number of morpholine rings is 1. The number of piperazine rings is 1. The number of carbonyl (C=O) groups is 4. The van der Waals surface area contributed by atoms with Gasteiger partial charge in [0.05, 0.1) is 46.3 Å². The van der Waals surface area contributed by atoms with Crippen molar-refractivity contribution in [2.24, 2.45) is 11.3 Å². The molecule has 1 aromatic heterocycles. The van der Waals surface area contributed by atoms with Gasteiger partial charge in [-0.2, -0.15) is 0 Å². The molecule has 0 saturated carbocycles. The van der Waals surface area contributed by atoms with Gasteiger partial charge >= 0.3 is 0 Å². The van der Waals surface area contributed by atoms with E-state index in [-0.39, 0.29) is 47.2 Å². The van der Waals surface area contributed by atoms with Crippen LogP contribution in [0.1, 0.15) is 143 Å².